The summed E-state index contributed by atoms with van der Waals surface area (Å²) in [5, 5.41) is 6.74. The third-order valence-corrected chi connectivity index (χ3v) is 4.44. The zero-order chi connectivity index (χ0) is 16.3. The fourth-order valence-electron chi connectivity index (χ4n) is 2.87. The van der Waals surface area contributed by atoms with Crippen LogP contribution in [0.3, 0.4) is 0 Å². The third-order valence-electron chi connectivity index (χ3n) is 4.44. The van der Waals surface area contributed by atoms with Gasteiger partial charge in [0, 0.05) is 38.4 Å². The van der Waals surface area contributed by atoms with Crippen molar-refractivity contribution in [3.05, 3.63) is 30.1 Å². The van der Waals surface area contributed by atoms with Gasteiger partial charge < -0.3 is 15.5 Å². The zero-order valence-electron chi connectivity index (χ0n) is 15.0. The largest absolute Gasteiger partial charge is 0.356 e. The molecule has 2 heterocycles. The molecule has 1 saturated heterocycles. The second-order valence-electron chi connectivity index (χ2n) is 6.37. The van der Waals surface area contributed by atoms with Gasteiger partial charge in [0.25, 0.3) is 0 Å². The molecule has 6 heteroatoms. The quantitative estimate of drug-likeness (QED) is 0.293. The van der Waals surface area contributed by atoms with Gasteiger partial charge >= 0.3 is 0 Å². The van der Waals surface area contributed by atoms with Gasteiger partial charge in [0.1, 0.15) is 0 Å². The van der Waals surface area contributed by atoms with Gasteiger partial charge in [-0.1, -0.05) is 13.0 Å². The molecule has 1 aromatic rings. The average molecular weight is 445 g/mol. The van der Waals surface area contributed by atoms with Crippen LogP contribution in [-0.4, -0.2) is 55.6 Å². The van der Waals surface area contributed by atoms with Crippen molar-refractivity contribution < 1.29 is 0 Å². The maximum atomic E-state index is 4.33. The minimum atomic E-state index is 0. The minimum absolute atomic E-state index is 0. The van der Waals surface area contributed by atoms with E-state index >= 15 is 0 Å². The van der Waals surface area contributed by atoms with Gasteiger partial charge in [-0.2, -0.15) is 0 Å². The fourth-order valence-corrected chi connectivity index (χ4v) is 2.87. The van der Waals surface area contributed by atoms with Crippen molar-refractivity contribution in [1.29, 1.82) is 0 Å². The van der Waals surface area contributed by atoms with Gasteiger partial charge in [0.15, 0.2) is 5.96 Å². The van der Waals surface area contributed by atoms with Gasteiger partial charge in [-0.05, 0) is 56.9 Å². The van der Waals surface area contributed by atoms with E-state index in [1.807, 2.05) is 25.4 Å². The van der Waals surface area contributed by atoms with Gasteiger partial charge in [0.2, 0.25) is 0 Å². The van der Waals surface area contributed by atoms with Crippen LogP contribution in [0.2, 0.25) is 0 Å². The molecule has 0 unspecified atom stereocenters. The lowest BCUT2D eigenvalue weighted by atomic mass is 9.99. The Hall–Kier alpha value is -0.890. The number of hydrogen-bond acceptors (Lipinski definition) is 3. The summed E-state index contributed by atoms with van der Waals surface area (Å²) in [4.78, 5) is 11.2. The Balaban J connectivity index is 0.00000288. The van der Waals surface area contributed by atoms with Crippen LogP contribution in [0.4, 0.5) is 0 Å². The van der Waals surface area contributed by atoms with Crippen LogP contribution in [0.5, 0.6) is 0 Å². The van der Waals surface area contributed by atoms with Gasteiger partial charge in [0.05, 0.1) is 0 Å². The second-order valence-corrected chi connectivity index (χ2v) is 6.37. The van der Waals surface area contributed by atoms with Crippen LogP contribution >= 0.6 is 24.0 Å². The summed E-state index contributed by atoms with van der Waals surface area (Å²) < 4.78 is 0. The number of halogens is 1. The number of nitrogens with one attached hydrogen (secondary N) is 2. The standard InChI is InChI=1S/C18H31N5.HI/c1-16-8-14-23(15-9-16)13-5-11-21-18(19-2)22-12-7-17-6-3-4-10-20-17;/h3-4,6,10,16H,5,7-9,11-15H2,1-2H3,(H2,19,21,22);1H. The van der Waals surface area contributed by atoms with Gasteiger partial charge in [-0.3, -0.25) is 9.98 Å². The molecular weight excluding hydrogens is 413 g/mol. The number of nitrogens with zero attached hydrogens (tertiary/aromatic N) is 3. The Morgan fingerprint density at radius 2 is 2.00 bits per heavy atom. The molecule has 0 spiro atoms. The number of aliphatic imine (C=N–C) groups is 1. The Bertz CT molecular complexity index is 458. The van der Waals surface area contributed by atoms with Gasteiger partial charge in [-0.15, -0.1) is 24.0 Å². The topological polar surface area (TPSA) is 52.6 Å². The van der Waals surface area contributed by atoms with Crippen LogP contribution in [0, 0.1) is 5.92 Å². The SMILES string of the molecule is CN=C(NCCCN1CCC(C)CC1)NCCc1ccccn1.I. The number of hydrogen-bond donors (Lipinski definition) is 2. The molecule has 0 aliphatic carbocycles. The number of guanidine groups is 1. The summed E-state index contributed by atoms with van der Waals surface area (Å²) in [5.41, 5.74) is 1.11. The first kappa shape index (κ1) is 21.2. The van der Waals surface area contributed by atoms with Crippen molar-refractivity contribution in [3.8, 4) is 0 Å². The summed E-state index contributed by atoms with van der Waals surface area (Å²) in [5.74, 6) is 1.79. The zero-order valence-corrected chi connectivity index (χ0v) is 17.3. The number of likely N-dealkylation sites (tertiary alicyclic amines) is 1. The Morgan fingerprint density at radius 1 is 1.25 bits per heavy atom. The molecule has 24 heavy (non-hydrogen) atoms. The molecule has 0 saturated carbocycles. The number of aromatic nitrogens is 1. The highest BCUT2D eigenvalue weighted by molar-refractivity contribution is 14.0. The molecule has 0 amide bonds. The predicted molar refractivity (Wildman–Crippen MR) is 112 cm³/mol. The van der Waals surface area contributed by atoms with E-state index in [0.29, 0.717) is 0 Å². The lowest BCUT2D eigenvalue weighted by molar-refractivity contribution is 0.191. The summed E-state index contributed by atoms with van der Waals surface area (Å²) in [6.45, 7) is 7.89. The first-order valence-corrected chi connectivity index (χ1v) is 8.84. The Labute approximate surface area is 163 Å². The third kappa shape index (κ3) is 8.28. The lowest BCUT2D eigenvalue weighted by Gasteiger charge is -2.30. The van der Waals surface area contributed by atoms with E-state index in [1.54, 1.807) is 0 Å². The Morgan fingerprint density at radius 3 is 2.67 bits per heavy atom. The lowest BCUT2D eigenvalue weighted by Crippen LogP contribution is -2.40. The molecule has 0 atom stereocenters. The highest BCUT2D eigenvalue weighted by Gasteiger charge is 2.14. The van der Waals surface area contributed by atoms with E-state index in [0.717, 1.165) is 43.5 Å². The second kappa shape index (κ2) is 12.5. The van der Waals surface area contributed by atoms with Crippen molar-refractivity contribution in [2.75, 3.05) is 39.8 Å². The molecular formula is C18H32IN5. The smallest absolute Gasteiger partial charge is 0.190 e. The molecule has 1 aliphatic rings. The van der Waals surface area contributed by atoms with Crippen LogP contribution in [0.25, 0.3) is 0 Å². The average Bonchev–Trinajstić information content (AvgIpc) is 2.59. The fraction of sp³-hybridized carbons (Fsp3) is 0.667. The summed E-state index contributed by atoms with van der Waals surface area (Å²) in [6, 6.07) is 6.02. The normalized spacial score (nSPS) is 16.5. The van der Waals surface area contributed by atoms with E-state index in [1.165, 1.54) is 32.5 Å². The molecule has 1 aromatic heterocycles. The van der Waals surface area contributed by atoms with Crippen molar-refractivity contribution in [1.82, 2.24) is 20.5 Å². The molecule has 0 bridgehead atoms. The first-order chi connectivity index (χ1) is 11.3. The maximum Gasteiger partial charge on any atom is 0.190 e. The van der Waals surface area contributed by atoms with Crippen molar-refractivity contribution in [2.45, 2.75) is 32.6 Å². The maximum absolute atomic E-state index is 4.33. The van der Waals surface area contributed by atoms with Crippen LogP contribution in [-0.2, 0) is 6.42 Å². The van der Waals surface area contributed by atoms with E-state index in [-0.39, 0.29) is 24.0 Å². The summed E-state index contributed by atoms with van der Waals surface area (Å²) in [7, 11) is 1.82. The number of pyridine rings is 1. The monoisotopic (exact) mass is 445 g/mol. The highest BCUT2D eigenvalue weighted by Crippen LogP contribution is 2.15. The van der Waals surface area contributed by atoms with Crippen molar-refractivity contribution >= 4 is 29.9 Å². The van der Waals surface area contributed by atoms with Crippen LogP contribution < -0.4 is 10.6 Å². The molecule has 2 N–H and O–H groups in total. The van der Waals surface area contributed by atoms with E-state index in [9.17, 15) is 0 Å². The predicted octanol–water partition coefficient (Wildman–Crippen LogP) is 2.53. The molecule has 2 rings (SSSR count). The highest BCUT2D eigenvalue weighted by atomic mass is 127. The van der Waals surface area contributed by atoms with E-state index in [4.69, 9.17) is 0 Å². The van der Waals surface area contributed by atoms with Crippen LogP contribution in [0.15, 0.2) is 29.4 Å². The molecule has 0 aromatic carbocycles. The molecule has 0 radical (unpaired) electrons. The first-order valence-electron chi connectivity index (χ1n) is 8.84. The van der Waals surface area contributed by atoms with E-state index < -0.39 is 0 Å². The summed E-state index contributed by atoms with van der Waals surface area (Å²) in [6.07, 6.45) is 6.61. The minimum Gasteiger partial charge on any atom is -0.356 e. The van der Waals surface area contributed by atoms with Crippen molar-refractivity contribution in [3.63, 3.8) is 0 Å². The number of rotatable bonds is 7. The number of piperidine rings is 1. The van der Waals surface area contributed by atoms with Crippen molar-refractivity contribution in [2.24, 2.45) is 10.9 Å². The summed E-state index contributed by atoms with van der Waals surface area (Å²) >= 11 is 0. The molecule has 1 fully saturated rings. The van der Waals surface area contributed by atoms with Crippen LogP contribution in [0.1, 0.15) is 31.9 Å². The van der Waals surface area contributed by atoms with Gasteiger partial charge in [-0.25, -0.2) is 0 Å². The molecule has 136 valence electrons. The molecule has 5 nitrogen and oxygen atoms in total. The Kier molecular flexibility index (Phi) is 11.0. The molecule has 1 aliphatic heterocycles. The van der Waals surface area contributed by atoms with E-state index in [2.05, 4.69) is 38.5 Å².